The predicted molar refractivity (Wildman–Crippen MR) is 68.6 cm³/mol. The summed E-state index contributed by atoms with van der Waals surface area (Å²) in [6.07, 6.45) is 2.12. The number of rotatable bonds is 8. The van der Waals surface area contributed by atoms with Crippen LogP contribution in [0.3, 0.4) is 0 Å². The molecule has 106 valence electrons. The van der Waals surface area contributed by atoms with Gasteiger partial charge in [-0.2, -0.15) is 0 Å². The molecular weight excluding hydrogens is 236 g/mol. The summed E-state index contributed by atoms with van der Waals surface area (Å²) in [5, 5.41) is 11.5. The van der Waals surface area contributed by atoms with Gasteiger partial charge in [0, 0.05) is 14.2 Å². The first-order valence-corrected chi connectivity index (χ1v) is 6.19. The maximum Gasteiger partial charge on any atom is 0.326 e. The molecular formula is C12H24N2O4. The van der Waals surface area contributed by atoms with Crippen LogP contribution in [0.25, 0.3) is 0 Å². The number of hydrogen-bond acceptors (Lipinski definition) is 3. The van der Waals surface area contributed by atoms with Gasteiger partial charge >= 0.3 is 12.0 Å². The summed E-state index contributed by atoms with van der Waals surface area (Å²) >= 11 is 0. The number of carboxylic acids is 1. The molecule has 0 saturated heterocycles. The number of ether oxygens (including phenoxy) is 1. The molecule has 0 radical (unpaired) electrons. The summed E-state index contributed by atoms with van der Waals surface area (Å²) in [6, 6.07) is -1.31. The molecule has 0 fully saturated rings. The number of urea groups is 1. The number of amides is 2. The number of carbonyl (C=O) groups excluding carboxylic acids is 1. The minimum atomic E-state index is -0.996. The van der Waals surface area contributed by atoms with Crippen LogP contribution in [0.4, 0.5) is 4.79 Å². The molecule has 0 spiro atoms. The molecule has 0 aliphatic rings. The van der Waals surface area contributed by atoms with Crippen molar-refractivity contribution in [3.8, 4) is 0 Å². The van der Waals surface area contributed by atoms with Gasteiger partial charge in [-0.25, -0.2) is 9.59 Å². The Hall–Kier alpha value is -1.30. The number of methoxy groups -OCH3 is 1. The third kappa shape index (κ3) is 5.86. The van der Waals surface area contributed by atoms with Gasteiger partial charge in [0.1, 0.15) is 6.04 Å². The number of nitrogens with one attached hydrogen (secondary N) is 1. The van der Waals surface area contributed by atoms with Gasteiger partial charge in [-0.3, -0.25) is 0 Å². The molecule has 0 rings (SSSR count). The van der Waals surface area contributed by atoms with Gasteiger partial charge in [0.2, 0.25) is 0 Å². The van der Waals surface area contributed by atoms with E-state index in [0.717, 1.165) is 12.8 Å². The van der Waals surface area contributed by atoms with E-state index >= 15 is 0 Å². The lowest BCUT2D eigenvalue weighted by Gasteiger charge is -2.26. The molecule has 0 aromatic heterocycles. The fourth-order valence-corrected chi connectivity index (χ4v) is 1.47. The van der Waals surface area contributed by atoms with E-state index in [2.05, 4.69) is 5.32 Å². The zero-order chi connectivity index (χ0) is 14.1. The molecule has 2 N–H and O–H groups in total. The Morgan fingerprint density at radius 2 is 2.06 bits per heavy atom. The molecule has 0 aliphatic heterocycles. The average Bonchev–Trinajstić information content (AvgIpc) is 2.33. The van der Waals surface area contributed by atoms with E-state index in [1.165, 1.54) is 4.90 Å². The second-order valence-electron chi connectivity index (χ2n) is 4.40. The molecule has 0 aromatic rings. The quantitative estimate of drug-likeness (QED) is 0.689. The lowest BCUT2D eigenvalue weighted by molar-refractivity contribution is -0.139. The van der Waals surface area contributed by atoms with Crippen LogP contribution < -0.4 is 5.32 Å². The zero-order valence-electron chi connectivity index (χ0n) is 11.6. The summed E-state index contributed by atoms with van der Waals surface area (Å²) in [6.45, 7) is 4.23. The number of unbranched alkanes of at least 4 members (excludes halogenated alkanes) is 1. The highest BCUT2D eigenvalue weighted by molar-refractivity contribution is 5.82. The van der Waals surface area contributed by atoms with E-state index in [0.29, 0.717) is 13.0 Å². The van der Waals surface area contributed by atoms with Crippen molar-refractivity contribution in [1.82, 2.24) is 10.2 Å². The number of carbonyl (C=O) groups is 2. The third-order valence-corrected chi connectivity index (χ3v) is 2.83. The van der Waals surface area contributed by atoms with Crippen molar-refractivity contribution in [2.24, 2.45) is 0 Å². The Balaban J connectivity index is 4.35. The monoisotopic (exact) mass is 260 g/mol. The van der Waals surface area contributed by atoms with Crippen molar-refractivity contribution >= 4 is 12.0 Å². The minimum Gasteiger partial charge on any atom is -0.480 e. The molecule has 6 nitrogen and oxygen atoms in total. The van der Waals surface area contributed by atoms with E-state index < -0.39 is 12.0 Å². The number of nitrogens with zero attached hydrogens (tertiary/aromatic N) is 1. The third-order valence-electron chi connectivity index (χ3n) is 2.83. The highest BCUT2D eigenvalue weighted by Crippen LogP contribution is 2.03. The minimum absolute atomic E-state index is 0.101. The molecule has 2 unspecified atom stereocenters. The first-order chi connectivity index (χ1) is 8.43. The molecule has 2 atom stereocenters. The van der Waals surface area contributed by atoms with Gasteiger partial charge in [0.25, 0.3) is 0 Å². The van der Waals surface area contributed by atoms with Crippen molar-refractivity contribution < 1.29 is 19.4 Å². The van der Waals surface area contributed by atoms with Crippen molar-refractivity contribution in [3.63, 3.8) is 0 Å². The van der Waals surface area contributed by atoms with Crippen LogP contribution in [0.2, 0.25) is 0 Å². The molecule has 18 heavy (non-hydrogen) atoms. The Bertz CT molecular complexity index is 271. The Morgan fingerprint density at radius 3 is 2.50 bits per heavy atom. The van der Waals surface area contributed by atoms with Crippen LogP contribution >= 0.6 is 0 Å². The second-order valence-corrected chi connectivity index (χ2v) is 4.40. The van der Waals surface area contributed by atoms with E-state index in [9.17, 15) is 9.59 Å². The summed E-state index contributed by atoms with van der Waals surface area (Å²) in [5.74, 6) is -0.996. The lowest BCUT2D eigenvalue weighted by Crippen LogP contribution is -2.50. The molecule has 0 heterocycles. The maximum absolute atomic E-state index is 11.8. The van der Waals surface area contributed by atoms with Crippen LogP contribution in [0, 0.1) is 0 Å². The summed E-state index contributed by atoms with van der Waals surface area (Å²) in [7, 11) is 3.18. The Kier molecular flexibility index (Phi) is 8.11. The molecule has 2 amide bonds. The van der Waals surface area contributed by atoms with Gasteiger partial charge in [0.05, 0.1) is 12.6 Å². The highest BCUT2D eigenvalue weighted by Gasteiger charge is 2.23. The molecule has 0 saturated carbocycles. The fraction of sp³-hybridized carbons (Fsp3) is 0.833. The summed E-state index contributed by atoms with van der Waals surface area (Å²) < 4.78 is 4.95. The number of likely N-dealkylation sites (N-methyl/N-ethyl adjacent to an activating group) is 1. The largest absolute Gasteiger partial charge is 0.480 e. The van der Waals surface area contributed by atoms with Crippen molar-refractivity contribution in [2.75, 3.05) is 20.8 Å². The van der Waals surface area contributed by atoms with Crippen molar-refractivity contribution in [1.29, 1.82) is 0 Å². The highest BCUT2D eigenvalue weighted by atomic mass is 16.5. The average molecular weight is 260 g/mol. The summed E-state index contributed by atoms with van der Waals surface area (Å²) in [5.41, 5.74) is 0. The van der Waals surface area contributed by atoms with Gasteiger partial charge in [-0.15, -0.1) is 0 Å². The second kappa shape index (κ2) is 8.74. The Labute approximate surface area is 108 Å². The van der Waals surface area contributed by atoms with E-state index in [-0.39, 0.29) is 12.1 Å². The van der Waals surface area contributed by atoms with Crippen LogP contribution in [-0.4, -0.2) is 54.9 Å². The predicted octanol–water partition coefficient (Wildman–Crippen LogP) is 1.31. The standard InChI is InChI=1S/C12H24N2O4/c1-5-6-7-10(11(15)16)13-12(17)14(3)9(2)8-18-4/h9-10H,5-8H2,1-4H3,(H,13,17)(H,15,16). The molecule has 0 aliphatic carbocycles. The van der Waals surface area contributed by atoms with Crippen LogP contribution in [0.15, 0.2) is 0 Å². The number of carboxylic acid groups (broad SMARTS) is 1. The van der Waals surface area contributed by atoms with E-state index in [1.54, 1.807) is 14.2 Å². The van der Waals surface area contributed by atoms with Gasteiger partial charge in [-0.05, 0) is 13.3 Å². The van der Waals surface area contributed by atoms with Crippen LogP contribution in [0.5, 0.6) is 0 Å². The van der Waals surface area contributed by atoms with E-state index in [4.69, 9.17) is 9.84 Å². The van der Waals surface area contributed by atoms with Crippen LogP contribution in [-0.2, 0) is 9.53 Å². The number of aliphatic carboxylic acids is 1. The van der Waals surface area contributed by atoms with Crippen molar-refractivity contribution in [3.05, 3.63) is 0 Å². The molecule has 6 heteroatoms. The van der Waals surface area contributed by atoms with Gasteiger partial charge < -0.3 is 20.1 Å². The SMILES string of the molecule is CCCCC(NC(=O)N(C)C(C)COC)C(=O)O. The zero-order valence-corrected chi connectivity index (χ0v) is 11.6. The van der Waals surface area contributed by atoms with E-state index in [1.807, 2.05) is 13.8 Å². The van der Waals surface area contributed by atoms with Gasteiger partial charge in [-0.1, -0.05) is 19.8 Å². The fourth-order valence-electron chi connectivity index (χ4n) is 1.47. The smallest absolute Gasteiger partial charge is 0.326 e. The van der Waals surface area contributed by atoms with Crippen LogP contribution in [0.1, 0.15) is 33.1 Å². The molecule has 0 aromatic carbocycles. The first-order valence-electron chi connectivity index (χ1n) is 6.19. The summed E-state index contributed by atoms with van der Waals surface area (Å²) in [4.78, 5) is 24.3. The normalized spacial score (nSPS) is 13.8. The first kappa shape index (κ1) is 16.7. The lowest BCUT2D eigenvalue weighted by atomic mass is 10.1. The Morgan fingerprint density at radius 1 is 1.44 bits per heavy atom. The number of hydrogen-bond donors (Lipinski definition) is 2. The maximum atomic E-state index is 11.8. The topological polar surface area (TPSA) is 78.9 Å². The van der Waals surface area contributed by atoms with Crippen molar-refractivity contribution in [2.45, 2.75) is 45.2 Å². The molecule has 0 bridgehead atoms. The van der Waals surface area contributed by atoms with Gasteiger partial charge in [0.15, 0.2) is 0 Å².